The van der Waals surface area contributed by atoms with Gasteiger partial charge in [0.2, 0.25) is 0 Å². The van der Waals surface area contributed by atoms with Gasteiger partial charge in [-0.1, -0.05) is 24.3 Å². The van der Waals surface area contributed by atoms with Gasteiger partial charge in [-0.3, -0.25) is 4.79 Å². The van der Waals surface area contributed by atoms with Gasteiger partial charge in [0, 0.05) is 0 Å². The Hall–Kier alpha value is -3.85. The maximum Gasteiger partial charge on any atom is 0.316 e. The number of amides is 3. The van der Waals surface area contributed by atoms with Crippen LogP contribution in [-0.4, -0.2) is 33.6 Å². The summed E-state index contributed by atoms with van der Waals surface area (Å²) in [7, 11) is 0. The zero-order valence-electron chi connectivity index (χ0n) is 14.1. The average Bonchev–Trinajstić information content (AvgIpc) is 3.06. The van der Waals surface area contributed by atoms with Crippen molar-refractivity contribution in [1.29, 1.82) is 0 Å². The quantitative estimate of drug-likeness (QED) is 0.487. The van der Waals surface area contributed by atoms with Crippen LogP contribution in [0.4, 0.5) is 10.5 Å². The maximum absolute atomic E-state index is 11.6. The Bertz CT molecular complexity index is 999. The average molecular weight is 367 g/mol. The third-order valence-electron chi connectivity index (χ3n) is 3.71. The van der Waals surface area contributed by atoms with Gasteiger partial charge in [0.05, 0.1) is 17.6 Å². The number of rotatable bonds is 6. The van der Waals surface area contributed by atoms with Crippen molar-refractivity contribution < 1.29 is 19.4 Å². The number of carbonyl (C=O) groups excluding carboxylic acids is 2. The lowest BCUT2D eigenvalue weighted by Crippen LogP contribution is -2.22. The summed E-state index contributed by atoms with van der Waals surface area (Å²) in [6.45, 7) is -0.414. The Morgan fingerprint density at radius 3 is 2.48 bits per heavy atom. The van der Waals surface area contributed by atoms with Crippen LogP contribution >= 0.6 is 0 Å². The number of nitrogens with one attached hydrogen (secondary N) is 1. The highest BCUT2D eigenvalue weighted by Gasteiger charge is 2.16. The van der Waals surface area contributed by atoms with Crippen LogP contribution in [0, 0.1) is 0 Å². The summed E-state index contributed by atoms with van der Waals surface area (Å²) in [5, 5.41) is 15.4. The van der Waals surface area contributed by atoms with Crippen LogP contribution in [0.3, 0.4) is 0 Å². The van der Waals surface area contributed by atoms with Crippen molar-refractivity contribution in [2.45, 2.75) is 0 Å². The molecule has 0 unspecified atom stereocenters. The summed E-state index contributed by atoms with van der Waals surface area (Å²) in [6.07, 6.45) is 1.45. The molecule has 1 heterocycles. The molecule has 6 N–H and O–H groups in total. The van der Waals surface area contributed by atoms with E-state index in [4.69, 9.17) is 21.3 Å². The van der Waals surface area contributed by atoms with Gasteiger partial charge in [0.25, 0.3) is 5.91 Å². The Kier molecular flexibility index (Phi) is 5.04. The zero-order valence-corrected chi connectivity index (χ0v) is 14.1. The molecule has 9 heteroatoms. The summed E-state index contributed by atoms with van der Waals surface area (Å²) in [6, 6.07) is 13.7. The smallest absolute Gasteiger partial charge is 0.316 e. The first-order valence-corrected chi connectivity index (χ1v) is 7.88. The third kappa shape index (κ3) is 4.05. The lowest BCUT2D eigenvalue weighted by molar-refractivity contribution is 0.0983. The summed E-state index contributed by atoms with van der Waals surface area (Å²) < 4.78 is 6.52. The minimum Gasteiger partial charge on any atom is -0.468 e. The van der Waals surface area contributed by atoms with Gasteiger partial charge in [0.15, 0.2) is 12.5 Å². The molecule has 3 aromatic rings. The molecule has 27 heavy (non-hydrogen) atoms. The molecule has 0 bridgehead atoms. The van der Waals surface area contributed by atoms with Crippen molar-refractivity contribution in [2.75, 3.05) is 12.1 Å². The lowest BCUT2D eigenvalue weighted by atomic mass is 10.0. The van der Waals surface area contributed by atoms with Crippen LogP contribution in [0.15, 0.2) is 54.7 Å². The molecule has 0 saturated heterocycles. The number of aromatic nitrogens is 2. The number of aliphatic hydroxyl groups is 1. The second-order valence-electron chi connectivity index (χ2n) is 5.54. The molecule has 1 aromatic heterocycles. The molecule has 9 nitrogen and oxygen atoms in total. The highest BCUT2D eigenvalue weighted by Crippen LogP contribution is 2.26. The van der Waals surface area contributed by atoms with Crippen molar-refractivity contribution in [2.24, 2.45) is 11.5 Å². The number of benzene rings is 2. The number of primary amides is 2. The molecule has 0 aliphatic heterocycles. The Morgan fingerprint density at radius 2 is 1.81 bits per heavy atom. The minimum atomic E-state index is -0.827. The van der Waals surface area contributed by atoms with Gasteiger partial charge >= 0.3 is 6.03 Å². The molecular weight excluding hydrogens is 350 g/mol. The van der Waals surface area contributed by atoms with E-state index in [2.05, 4.69) is 10.4 Å². The van der Waals surface area contributed by atoms with Crippen molar-refractivity contribution in [3.8, 4) is 22.6 Å². The van der Waals surface area contributed by atoms with E-state index >= 15 is 0 Å². The van der Waals surface area contributed by atoms with Gasteiger partial charge in [-0.25, -0.2) is 9.48 Å². The van der Waals surface area contributed by atoms with E-state index in [1.165, 1.54) is 10.9 Å². The first kappa shape index (κ1) is 18.0. The summed E-state index contributed by atoms with van der Waals surface area (Å²) in [5.41, 5.74) is 12.8. The number of nitrogens with zero attached hydrogens (tertiary/aromatic N) is 2. The molecule has 2 aromatic carbocycles. The number of hydrogen-bond acceptors (Lipinski definition) is 5. The fraction of sp³-hybridized carbons (Fsp3) is 0.0556. The zero-order chi connectivity index (χ0) is 19.4. The Labute approximate surface area is 154 Å². The van der Waals surface area contributed by atoms with Gasteiger partial charge < -0.3 is 26.6 Å². The van der Waals surface area contributed by atoms with E-state index < -0.39 is 18.7 Å². The molecule has 0 aliphatic carbocycles. The van der Waals surface area contributed by atoms with Crippen LogP contribution in [0.5, 0.6) is 5.75 Å². The highest BCUT2D eigenvalue weighted by molar-refractivity contribution is 6.00. The fourth-order valence-corrected chi connectivity index (χ4v) is 2.58. The number of urea groups is 1. The Morgan fingerprint density at radius 1 is 1.11 bits per heavy atom. The Balaban J connectivity index is 2.00. The largest absolute Gasteiger partial charge is 0.468 e. The molecular formula is C18H17N5O4. The number of nitrogens with two attached hydrogens (primary N) is 2. The second-order valence-corrected chi connectivity index (χ2v) is 5.54. The molecule has 0 atom stereocenters. The topological polar surface area (TPSA) is 145 Å². The number of ether oxygens (including phenoxy) is 1. The van der Waals surface area contributed by atoms with Crippen LogP contribution in [0.1, 0.15) is 10.5 Å². The molecule has 0 fully saturated rings. The number of carbonyl (C=O) groups is 2. The van der Waals surface area contributed by atoms with Gasteiger partial charge in [-0.2, -0.15) is 5.10 Å². The van der Waals surface area contributed by atoms with Crippen molar-refractivity contribution in [3.63, 3.8) is 0 Å². The molecule has 0 spiro atoms. The van der Waals surface area contributed by atoms with E-state index in [0.717, 1.165) is 11.1 Å². The van der Waals surface area contributed by atoms with Crippen LogP contribution < -0.4 is 21.5 Å². The van der Waals surface area contributed by atoms with Crippen molar-refractivity contribution >= 4 is 17.6 Å². The first-order valence-electron chi connectivity index (χ1n) is 7.88. The molecule has 3 rings (SSSR count). The van der Waals surface area contributed by atoms with Gasteiger partial charge in [-0.15, -0.1) is 0 Å². The summed E-state index contributed by atoms with van der Waals surface area (Å²) >= 11 is 0. The normalized spacial score (nSPS) is 10.4. The van der Waals surface area contributed by atoms with Gasteiger partial charge in [0.1, 0.15) is 5.75 Å². The summed E-state index contributed by atoms with van der Waals surface area (Å²) in [4.78, 5) is 22.7. The van der Waals surface area contributed by atoms with Gasteiger partial charge in [-0.05, 0) is 35.4 Å². The van der Waals surface area contributed by atoms with E-state index in [1.54, 1.807) is 24.3 Å². The number of aliphatic hydroxyl groups excluding tert-OH is 1. The maximum atomic E-state index is 11.6. The van der Waals surface area contributed by atoms with Crippen LogP contribution in [0.25, 0.3) is 16.8 Å². The minimum absolute atomic E-state index is 0.0995. The van der Waals surface area contributed by atoms with E-state index in [-0.39, 0.29) is 11.4 Å². The highest BCUT2D eigenvalue weighted by atomic mass is 16.6. The van der Waals surface area contributed by atoms with Crippen LogP contribution in [-0.2, 0) is 0 Å². The molecule has 138 valence electrons. The van der Waals surface area contributed by atoms with E-state index in [9.17, 15) is 9.59 Å². The molecule has 0 saturated carbocycles. The van der Waals surface area contributed by atoms with Crippen LogP contribution in [0.2, 0.25) is 0 Å². The fourth-order valence-electron chi connectivity index (χ4n) is 2.58. The predicted octanol–water partition coefficient (Wildman–Crippen LogP) is 1.46. The van der Waals surface area contributed by atoms with E-state index in [1.807, 2.05) is 24.3 Å². The van der Waals surface area contributed by atoms with E-state index in [0.29, 0.717) is 11.4 Å². The predicted molar refractivity (Wildman–Crippen MR) is 98.4 cm³/mol. The SMILES string of the molecule is NC(=O)Nc1cn(-c2cccc(-c3cccc(OCO)c3)c2)nc1C(N)=O. The number of anilines is 1. The number of hydrogen-bond donors (Lipinski definition) is 4. The lowest BCUT2D eigenvalue weighted by Gasteiger charge is -2.08. The molecule has 3 amide bonds. The molecule has 0 aliphatic rings. The first-order chi connectivity index (χ1) is 13.0. The third-order valence-corrected chi connectivity index (χ3v) is 3.71. The molecule has 0 radical (unpaired) electrons. The van der Waals surface area contributed by atoms with Crippen molar-refractivity contribution in [3.05, 3.63) is 60.4 Å². The standard InChI is InChI=1S/C18H17N5O4/c19-17(25)16-15(21-18(20)26)9-23(22-16)13-5-1-3-11(7-13)12-4-2-6-14(8-12)27-10-24/h1-9,24H,10H2,(H2,19,25)(H3,20,21,26). The second kappa shape index (κ2) is 7.58. The van der Waals surface area contributed by atoms with Crippen molar-refractivity contribution in [1.82, 2.24) is 9.78 Å². The summed E-state index contributed by atoms with van der Waals surface area (Å²) in [5.74, 6) is -0.258. The monoisotopic (exact) mass is 367 g/mol.